The first-order valence-electron chi connectivity index (χ1n) is 6.78. The Morgan fingerprint density at radius 2 is 2.24 bits per heavy atom. The number of rotatable bonds is 5. The first-order chi connectivity index (χ1) is 10.1. The summed E-state index contributed by atoms with van der Waals surface area (Å²) in [5.74, 6) is 0.563. The van der Waals surface area contributed by atoms with Crippen molar-refractivity contribution in [1.29, 1.82) is 0 Å². The van der Waals surface area contributed by atoms with E-state index in [1.165, 1.54) is 30.1 Å². The molecule has 2 aromatic rings. The van der Waals surface area contributed by atoms with Gasteiger partial charge in [0.05, 0.1) is 5.69 Å². The molecule has 0 amide bonds. The van der Waals surface area contributed by atoms with E-state index in [2.05, 4.69) is 24.0 Å². The average Bonchev–Trinajstić information content (AvgIpc) is 2.77. The third-order valence-corrected chi connectivity index (χ3v) is 4.14. The van der Waals surface area contributed by atoms with Crippen LogP contribution in [0.3, 0.4) is 0 Å². The summed E-state index contributed by atoms with van der Waals surface area (Å²) in [6, 6.07) is 6.48. The number of oxime groups is 1. The van der Waals surface area contributed by atoms with E-state index >= 15 is 0 Å². The van der Waals surface area contributed by atoms with Crippen LogP contribution in [0.1, 0.15) is 38.2 Å². The molecule has 0 fully saturated rings. The van der Waals surface area contributed by atoms with Crippen molar-refractivity contribution in [2.24, 2.45) is 5.16 Å². The smallest absolute Gasteiger partial charge is 0.155 e. The quantitative estimate of drug-likeness (QED) is 0.513. The Hall–Kier alpha value is -1.82. The van der Waals surface area contributed by atoms with Gasteiger partial charge in [-0.1, -0.05) is 36.8 Å². The Morgan fingerprint density at radius 1 is 1.48 bits per heavy atom. The first kappa shape index (κ1) is 15.6. The van der Waals surface area contributed by atoms with E-state index in [0.29, 0.717) is 12.4 Å². The maximum atomic E-state index is 13.3. The highest BCUT2D eigenvalue weighted by atomic mass is 32.2. The topological polar surface area (TPSA) is 50.4 Å². The highest BCUT2D eigenvalue weighted by molar-refractivity contribution is 7.99. The summed E-state index contributed by atoms with van der Waals surface area (Å²) in [5.41, 5.74) is 0.918. The minimum atomic E-state index is -0.259. The van der Waals surface area contributed by atoms with Crippen LogP contribution in [0.5, 0.6) is 0 Å². The summed E-state index contributed by atoms with van der Waals surface area (Å²) in [6.45, 7) is 6.80. The van der Waals surface area contributed by atoms with Crippen molar-refractivity contribution in [2.45, 2.75) is 43.2 Å². The molecule has 0 aliphatic rings. The molecule has 0 unspecified atom stereocenters. The Balaban J connectivity index is 2.49. The van der Waals surface area contributed by atoms with Gasteiger partial charge in [-0.25, -0.2) is 9.37 Å². The van der Waals surface area contributed by atoms with Crippen LogP contribution < -0.4 is 0 Å². The fourth-order valence-electron chi connectivity index (χ4n) is 2.06. The third kappa shape index (κ3) is 3.44. The summed E-state index contributed by atoms with van der Waals surface area (Å²) in [4.78, 5) is 5.35. The summed E-state index contributed by atoms with van der Waals surface area (Å²) in [7, 11) is 0. The van der Waals surface area contributed by atoms with E-state index in [-0.39, 0.29) is 11.7 Å². The molecule has 4 nitrogen and oxygen atoms in total. The molecular weight excluding hydrogens is 289 g/mol. The molecule has 1 aromatic carbocycles. The fraction of sp³-hybridized carbons (Fsp3) is 0.333. The van der Waals surface area contributed by atoms with E-state index in [1.807, 2.05) is 17.6 Å². The average molecular weight is 307 g/mol. The Morgan fingerprint density at radius 3 is 2.81 bits per heavy atom. The van der Waals surface area contributed by atoms with Gasteiger partial charge in [0.25, 0.3) is 0 Å². The van der Waals surface area contributed by atoms with Crippen LogP contribution in [-0.4, -0.2) is 21.0 Å². The second-order valence-corrected chi connectivity index (χ2v) is 5.93. The highest BCUT2D eigenvalue weighted by Crippen LogP contribution is 2.34. The number of nitrogens with zero attached hydrogens (tertiary/aromatic N) is 3. The number of aromatic nitrogens is 2. The lowest BCUT2D eigenvalue weighted by Crippen LogP contribution is -2.02. The minimum Gasteiger partial charge on any atom is -0.411 e. The molecule has 1 aromatic heterocycles. The van der Waals surface area contributed by atoms with Crippen molar-refractivity contribution in [2.75, 3.05) is 0 Å². The van der Waals surface area contributed by atoms with Gasteiger partial charge in [0.15, 0.2) is 5.82 Å². The Labute approximate surface area is 127 Å². The molecule has 1 N–H and O–H groups in total. The molecule has 0 saturated heterocycles. The van der Waals surface area contributed by atoms with Crippen LogP contribution in [0.25, 0.3) is 0 Å². The van der Waals surface area contributed by atoms with Crippen molar-refractivity contribution in [3.05, 3.63) is 41.6 Å². The molecule has 21 heavy (non-hydrogen) atoms. The van der Waals surface area contributed by atoms with E-state index in [1.54, 1.807) is 6.07 Å². The lowest BCUT2D eigenvalue weighted by atomic mass is 10.1. The van der Waals surface area contributed by atoms with E-state index in [0.717, 1.165) is 15.6 Å². The van der Waals surface area contributed by atoms with Crippen LogP contribution in [0.2, 0.25) is 0 Å². The summed E-state index contributed by atoms with van der Waals surface area (Å²) in [6.07, 6.45) is 1.32. The molecule has 0 atom stereocenters. The van der Waals surface area contributed by atoms with Crippen molar-refractivity contribution in [1.82, 2.24) is 9.55 Å². The third-order valence-electron chi connectivity index (χ3n) is 3.02. The van der Waals surface area contributed by atoms with Crippen LogP contribution in [0.15, 0.2) is 39.3 Å². The molecule has 2 rings (SSSR count). The monoisotopic (exact) mass is 307 g/mol. The number of hydrogen-bond donors (Lipinski definition) is 1. The predicted octanol–water partition coefficient (Wildman–Crippen LogP) is 4.12. The van der Waals surface area contributed by atoms with E-state index < -0.39 is 0 Å². The Kier molecular flexibility index (Phi) is 5.01. The van der Waals surface area contributed by atoms with Crippen LogP contribution in [0.4, 0.5) is 4.39 Å². The molecule has 6 heteroatoms. The van der Waals surface area contributed by atoms with Crippen molar-refractivity contribution in [3.8, 4) is 0 Å². The fourth-order valence-corrected chi connectivity index (χ4v) is 3.32. The zero-order valence-electron chi connectivity index (χ0n) is 12.2. The van der Waals surface area contributed by atoms with Crippen molar-refractivity contribution < 1.29 is 9.60 Å². The van der Waals surface area contributed by atoms with Crippen LogP contribution >= 0.6 is 11.8 Å². The molecule has 0 radical (unpaired) electrons. The predicted molar refractivity (Wildman–Crippen MR) is 81.9 cm³/mol. The van der Waals surface area contributed by atoms with Crippen molar-refractivity contribution >= 4 is 18.0 Å². The molecular formula is C15H18FN3OS. The number of benzene rings is 1. The summed E-state index contributed by atoms with van der Waals surface area (Å²) < 4.78 is 15.3. The number of halogens is 1. The maximum Gasteiger partial charge on any atom is 0.155 e. The molecule has 0 aliphatic heterocycles. The number of imidazole rings is 1. The van der Waals surface area contributed by atoms with Crippen molar-refractivity contribution in [3.63, 3.8) is 0 Å². The molecule has 112 valence electrons. The lowest BCUT2D eigenvalue weighted by Gasteiger charge is -2.10. The van der Waals surface area contributed by atoms with Gasteiger partial charge in [0.2, 0.25) is 0 Å². The normalized spacial score (nSPS) is 11.7. The van der Waals surface area contributed by atoms with Gasteiger partial charge in [0.1, 0.15) is 17.1 Å². The SMILES string of the molecule is CCn1c(C=NO)nc(C(C)C)c1Sc1cccc(F)c1. The van der Waals surface area contributed by atoms with E-state index in [4.69, 9.17) is 5.21 Å². The Bertz CT molecular complexity index is 652. The van der Waals surface area contributed by atoms with Gasteiger partial charge in [-0.2, -0.15) is 0 Å². The molecule has 0 bridgehead atoms. The maximum absolute atomic E-state index is 13.3. The lowest BCUT2D eigenvalue weighted by molar-refractivity contribution is 0.321. The van der Waals surface area contributed by atoms with Gasteiger partial charge >= 0.3 is 0 Å². The summed E-state index contributed by atoms with van der Waals surface area (Å²) >= 11 is 1.47. The van der Waals surface area contributed by atoms with Gasteiger partial charge in [-0.3, -0.25) is 0 Å². The minimum absolute atomic E-state index is 0.222. The molecule has 0 aliphatic carbocycles. The molecule has 0 saturated carbocycles. The van der Waals surface area contributed by atoms with Crippen LogP contribution in [-0.2, 0) is 6.54 Å². The second-order valence-electron chi connectivity index (χ2n) is 4.86. The number of hydrogen-bond acceptors (Lipinski definition) is 4. The van der Waals surface area contributed by atoms with Gasteiger partial charge in [-0.05, 0) is 31.0 Å². The second kappa shape index (κ2) is 6.76. The zero-order valence-corrected chi connectivity index (χ0v) is 13.1. The van der Waals surface area contributed by atoms with Crippen LogP contribution in [0, 0.1) is 5.82 Å². The van der Waals surface area contributed by atoms with Gasteiger partial charge in [0, 0.05) is 11.4 Å². The highest BCUT2D eigenvalue weighted by Gasteiger charge is 2.19. The largest absolute Gasteiger partial charge is 0.411 e. The zero-order chi connectivity index (χ0) is 15.4. The van der Waals surface area contributed by atoms with Gasteiger partial charge < -0.3 is 9.77 Å². The van der Waals surface area contributed by atoms with Gasteiger partial charge in [-0.15, -0.1) is 0 Å². The summed E-state index contributed by atoms with van der Waals surface area (Å²) in [5, 5.41) is 12.8. The van der Waals surface area contributed by atoms with E-state index in [9.17, 15) is 4.39 Å². The first-order valence-corrected chi connectivity index (χ1v) is 7.59. The standard InChI is InChI=1S/C15H18FN3OS/c1-4-19-13(9-17-20)18-14(10(2)3)15(19)21-12-7-5-6-11(16)8-12/h5-10,20H,4H2,1-3H3. The molecule has 1 heterocycles. The molecule has 0 spiro atoms.